The van der Waals surface area contributed by atoms with Gasteiger partial charge in [0.1, 0.15) is 4.60 Å². The van der Waals surface area contributed by atoms with Crippen molar-refractivity contribution in [2.24, 2.45) is 0 Å². The maximum absolute atomic E-state index is 10.9. The molecule has 0 spiro atoms. The number of hydrogen-bond acceptors (Lipinski definition) is 2. The van der Waals surface area contributed by atoms with Crippen LogP contribution in [0.3, 0.4) is 0 Å². The molecule has 0 saturated carbocycles. The number of hydrogen-bond donors (Lipinski definition) is 0. The Labute approximate surface area is 77.4 Å². The van der Waals surface area contributed by atoms with E-state index in [0.717, 1.165) is 20.1 Å². The van der Waals surface area contributed by atoms with Crippen molar-refractivity contribution < 1.29 is 4.73 Å². The largest absolute Gasteiger partial charge is 0.619 e. The molecule has 0 bridgehead atoms. The average molecular weight is 225 g/mol. The van der Waals surface area contributed by atoms with E-state index in [9.17, 15) is 5.21 Å². The van der Waals surface area contributed by atoms with Crippen molar-refractivity contribution in [2.45, 2.75) is 0 Å². The zero-order valence-corrected chi connectivity index (χ0v) is 7.65. The molecule has 0 saturated heterocycles. The third-order valence-corrected chi connectivity index (χ3v) is 2.26. The second kappa shape index (κ2) is 2.71. The lowest BCUT2D eigenvalue weighted by Crippen LogP contribution is -2.23. The van der Waals surface area contributed by atoms with Gasteiger partial charge in [0.2, 0.25) is 0 Å². The molecule has 0 atom stereocenters. The minimum absolute atomic E-state index is 0.764. The molecule has 12 heavy (non-hydrogen) atoms. The van der Waals surface area contributed by atoms with Crippen LogP contribution in [0.1, 0.15) is 0 Å². The fraction of sp³-hybridized carbons (Fsp3) is 0. The zero-order valence-electron chi connectivity index (χ0n) is 6.07. The summed E-state index contributed by atoms with van der Waals surface area (Å²) >= 11 is 3.30. The van der Waals surface area contributed by atoms with Crippen LogP contribution in [-0.2, 0) is 0 Å². The SMILES string of the molecule is [O-][n+]1ccc2c(Br)nccc2c1. The standard InChI is InChI=1S/C8H5BrN2O/c9-8-7-2-4-11(12)5-6(7)1-3-10-8/h1-5H. The van der Waals surface area contributed by atoms with E-state index in [2.05, 4.69) is 20.9 Å². The van der Waals surface area contributed by atoms with Gasteiger partial charge < -0.3 is 5.21 Å². The molecule has 0 aliphatic carbocycles. The quantitative estimate of drug-likeness (QED) is 0.388. The van der Waals surface area contributed by atoms with Crippen LogP contribution in [0.2, 0.25) is 0 Å². The van der Waals surface area contributed by atoms with E-state index in [1.54, 1.807) is 18.3 Å². The molecule has 4 heteroatoms. The first-order valence-electron chi connectivity index (χ1n) is 3.40. The summed E-state index contributed by atoms with van der Waals surface area (Å²) in [5.41, 5.74) is 0. The lowest BCUT2D eigenvalue weighted by molar-refractivity contribution is -0.603. The van der Waals surface area contributed by atoms with Crippen LogP contribution >= 0.6 is 15.9 Å². The molecule has 0 radical (unpaired) electrons. The number of halogens is 1. The van der Waals surface area contributed by atoms with Crippen LogP contribution in [0.15, 0.2) is 35.3 Å². The van der Waals surface area contributed by atoms with Crippen molar-refractivity contribution in [1.82, 2.24) is 4.98 Å². The number of rotatable bonds is 0. The smallest absolute Gasteiger partial charge is 0.188 e. The van der Waals surface area contributed by atoms with Gasteiger partial charge in [0, 0.05) is 17.6 Å². The maximum Gasteiger partial charge on any atom is 0.188 e. The number of aromatic nitrogens is 2. The highest BCUT2D eigenvalue weighted by atomic mass is 79.9. The zero-order chi connectivity index (χ0) is 8.55. The van der Waals surface area contributed by atoms with Crippen molar-refractivity contribution in [3.63, 3.8) is 0 Å². The third kappa shape index (κ3) is 1.14. The molecule has 2 heterocycles. The predicted molar refractivity (Wildman–Crippen MR) is 48.4 cm³/mol. The Kier molecular flexibility index (Phi) is 1.69. The molecule has 2 rings (SSSR count). The van der Waals surface area contributed by atoms with Crippen LogP contribution < -0.4 is 4.73 Å². The molecule has 0 aromatic carbocycles. The molecule has 0 unspecified atom stereocenters. The Balaban J connectivity index is 2.86. The molecular formula is C8H5BrN2O. The van der Waals surface area contributed by atoms with Gasteiger partial charge in [0.25, 0.3) is 0 Å². The Morgan fingerprint density at radius 1 is 1.42 bits per heavy atom. The summed E-state index contributed by atoms with van der Waals surface area (Å²) in [7, 11) is 0. The summed E-state index contributed by atoms with van der Waals surface area (Å²) in [5, 5.41) is 12.7. The summed E-state index contributed by atoms with van der Waals surface area (Å²) < 4.78 is 1.54. The first kappa shape index (κ1) is 7.49. The number of nitrogens with zero attached hydrogens (tertiary/aromatic N) is 2. The number of pyridine rings is 2. The second-order valence-corrected chi connectivity index (χ2v) is 3.16. The fourth-order valence-electron chi connectivity index (χ4n) is 1.07. The van der Waals surface area contributed by atoms with E-state index < -0.39 is 0 Å². The summed E-state index contributed by atoms with van der Waals surface area (Å²) in [6.07, 6.45) is 4.63. The molecule has 2 aromatic heterocycles. The van der Waals surface area contributed by atoms with Crippen molar-refractivity contribution >= 4 is 26.7 Å². The monoisotopic (exact) mass is 224 g/mol. The first-order chi connectivity index (χ1) is 5.77. The summed E-state index contributed by atoms with van der Waals surface area (Å²) in [6.45, 7) is 0. The number of fused-ring (bicyclic) bond motifs is 1. The average Bonchev–Trinajstić information content (AvgIpc) is 2.04. The Morgan fingerprint density at radius 2 is 2.25 bits per heavy atom. The van der Waals surface area contributed by atoms with E-state index in [1.807, 2.05) is 0 Å². The Bertz CT molecular complexity index is 430. The van der Waals surface area contributed by atoms with Crippen molar-refractivity contribution in [3.05, 3.63) is 40.5 Å². The highest BCUT2D eigenvalue weighted by molar-refractivity contribution is 9.10. The molecule has 0 amide bonds. The van der Waals surface area contributed by atoms with E-state index in [1.165, 1.54) is 12.4 Å². The highest BCUT2D eigenvalue weighted by Crippen LogP contribution is 2.18. The summed E-state index contributed by atoms with van der Waals surface area (Å²) in [4.78, 5) is 4.04. The van der Waals surface area contributed by atoms with Gasteiger partial charge in [-0.1, -0.05) is 0 Å². The molecule has 0 aliphatic heterocycles. The predicted octanol–water partition coefficient (Wildman–Crippen LogP) is 1.63. The lowest BCUT2D eigenvalue weighted by Gasteiger charge is -1.98. The van der Waals surface area contributed by atoms with Gasteiger partial charge in [0.15, 0.2) is 12.4 Å². The second-order valence-electron chi connectivity index (χ2n) is 2.41. The van der Waals surface area contributed by atoms with Crippen molar-refractivity contribution in [2.75, 3.05) is 0 Å². The van der Waals surface area contributed by atoms with E-state index in [-0.39, 0.29) is 0 Å². The van der Waals surface area contributed by atoms with Crippen LogP contribution in [0, 0.1) is 5.21 Å². The van der Waals surface area contributed by atoms with Gasteiger partial charge >= 0.3 is 0 Å². The van der Waals surface area contributed by atoms with E-state index in [0.29, 0.717) is 0 Å². The topological polar surface area (TPSA) is 39.8 Å². The molecule has 60 valence electrons. The van der Waals surface area contributed by atoms with Crippen LogP contribution in [-0.4, -0.2) is 4.98 Å². The molecular weight excluding hydrogens is 220 g/mol. The van der Waals surface area contributed by atoms with Gasteiger partial charge in [-0.2, -0.15) is 4.73 Å². The minimum Gasteiger partial charge on any atom is -0.619 e. The van der Waals surface area contributed by atoms with Gasteiger partial charge in [-0.25, -0.2) is 4.98 Å². The van der Waals surface area contributed by atoms with E-state index >= 15 is 0 Å². The lowest BCUT2D eigenvalue weighted by atomic mass is 10.2. The molecule has 0 fully saturated rings. The van der Waals surface area contributed by atoms with Crippen LogP contribution in [0.25, 0.3) is 10.8 Å². The molecule has 3 nitrogen and oxygen atoms in total. The third-order valence-electron chi connectivity index (χ3n) is 1.63. The van der Waals surface area contributed by atoms with Gasteiger partial charge in [-0.15, -0.1) is 0 Å². The van der Waals surface area contributed by atoms with Crippen molar-refractivity contribution in [1.29, 1.82) is 0 Å². The maximum atomic E-state index is 10.9. The Hall–Kier alpha value is -1.16. The highest BCUT2D eigenvalue weighted by Gasteiger charge is 2.00. The van der Waals surface area contributed by atoms with Gasteiger partial charge in [-0.05, 0) is 22.0 Å². The van der Waals surface area contributed by atoms with Gasteiger partial charge in [-0.3, -0.25) is 0 Å². The molecule has 2 aromatic rings. The molecule has 0 aliphatic rings. The van der Waals surface area contributed by atoms with Gasteiger partial charge in [0.05, 0.1) is 5.39 Å². The fourth-order valence-corrected chi connectivity index (χ4v) is 1.55. The van der Waals surface area contributed by atoms with Crippen LogP contribution in [0.4, 0.5) is 0 Å². The van der Waals surface area contributed by atoms with Crippen molar-refractivity contribution in [3.8, 4) is 0 Å². The Morgan fingerprint density at radius 3 is 3.08 bits per heavy atom. The minimum atomic E-state index is 0.764. The molecule has 0 N–H and O–H groups in total. The van der Waals surface area contributed by atoms with E-state index in [4.69, 9.17) is 0 Å². The summed E-state index contributed by atoms with van der Waals surface area (Å²) in [5.74, 6) is 0. The normalized spacial score (nSPS) is 10.4. The first-order valence-corrected chi connectivity index (χ1v) is 4.20. The van der Waals surface area contributed by atoms with Crippen LogP contribution in [0.5, 0.6) is 0 Å². The summed E-state index contributed by atoms with van der Waals surface area (Å²) in [6, 6.07) is 3.54.